The van der Waals surface area contributed by atoms with E-state index in [0.717, 1.165) is 30.7 Å². The van der Waals surface area contributed by atoms with Gasteiger partial charge < -0.3 is 9.80 Å². The molecule has 1 saturated heterocycles. The van der Waals surface area contributed by atoms with Gasteiger partial charge in [-0.1, -0.05) is 27.5 Å². The Bertz CT molecular complexity index is 441. The molecule has 1 aliphatic rings. The van der Waals surface area contributed by atoms with Gasteiger partial charge in [0, 0.05) is 35.2 Å². The molecule has 0 unspecified atom stereocenters. The van der Waals surface area contributed by atoms with Crippen molar-refractivity contribution < 1.29 is 4.79 Å². The minimum Gasteiger partial charge on any atom is -0.340 e. The van der Waals surface area contributed by atoms with Crippen LogP contribution in [0.5, 0.6) is 0 Å². The van der Waals surface area contributed by atoms with Crippen LogP contribution in [0.1, 0.15) is 23.2 Å². The lowest BCUT2D eigenvalue weighted by atomic mass is 10.2. The van der Waals surface area contributed by atoms with Gasteiger partial charge >= 0.3 is 0 Å². The van der Waals surface area contributed by atoms with Crippen molar-refractivity contribution >= 4 is 33.4 Å². The van der Waals surface area contributed by atoms with E-state index in [0.29, 0.717) is 10.6 Å². The second-order valence-electron chi connectivity index (χ2n) is 4.93. The van der Waals surface area contributed by atoms with Gasteiger partial charge in [0.25, 0.3) is 5.91 Å². The summed E-state index contributed by atoms with van der Waals surface area (Å²) < 4.78 is 0.830. The number of halogens is 2. The first-order chi connectivity index (χ1) is 9.06. The highest BCUT2D eigenvalue weighted by molar-refractivity contribution is 9.10. The SMILES string of the molecule is CN(CCN1CCCC1)C(=O)c1cc(Cl)cc(Br)c1. The highest BCUT2D eigenvalue weighted by atomic mass is 79.9. The smallest absolute Gasteiger partial charge is 0.253 e. The van der Waals surface area contributed by atoms with Gasteiger partial charge in [0.15, 0.2) is 0 Å². The molecule has 104 valence electrons. The third-order valence-electron chi connectivity index (χ3n) is 3.41. The van der Waals surface area contributed by atoms with Gasteiger partial charge in [0.2, 0.25) is 0 Å². The third-order valence-corrected chi connectivity index (χ3v) is 4.08. The number of benzene rings is 1. The fraction of sp³-hybridized carbons (Fsp3) is 0.500. The molecule has 0 N–H and O–H groups in total. The van der Waals surface area contributed by atoms with E-state index in [-0.39, 0.29) is 5.91 Å². The van der Waals surface area contributed by atoms with Crippen LogP contribution in [0.3, 0.4) is 0 Å². The van der Waals surface area contributed by atoms with Crippen LogP contribution in [0, 0.1) is 0 Å². The summed E-state index contributed by atoms with van der Waals surface area (Å²) in [5, 5.41) is 0.575. The maximum absolute atomic E-state index is 12.3. The van der Waals surface area contributed by atoms with Crippen molar-refractivity contribution in [3.63, 3.8) is 0 Å². The molecule has 1 aliphatic heterocycles. The zero-order chi connectivity index (χ0) is 13.8. The van der Waals surface area contributed by atoms with Crippen LogP contribution in [0.25, 0.3) is 0 Å². The maximum atomic E-state index is 12.3. The molecular formula is C14H18BrClN2O. The van der Waals surface area contributed by atoms with Gasteiger partial charge in [-0.15, -0.1) is 0 Å². The van der Waals surface area contributed by atoms with Gasteiger partial charge in [-0.3, -0.25) is 4.79 Å². The highest BCUT2D eigenvalue weighted by Gasteiger charge is 2.16. The number of hydrogen-bond acceptors (Lipinski definition) is 2. The van der Waals surface area contributed by atoms with E-state index in [1.807, 2.05) is 7.05 Å². The lowest BCUT2D eigenvalue weighted by molar-refractivity contribution is 0.0782. The summed E-state index contributed by atoms with van der Waals surface area (Å²) in [4.78, 5) is 16.4. The first-order valence-corrected chi connectivity index (χ1v) is 7.67. The van der Waals surface area contributed by atoms with Crippen LogP contribution < -0.4 is 0 Å². The minimum absolute atomic E-state index is 0.0161. The molecule has 0 aromatic heterocycles. The quantitative estimate of drug-likeness (QED) is 0.836. The molecule has 2 rings (SSSR count). The number of nitrogens with zero attached hydrogens (tertiary/aromatic N) is 2. The average Bonchev–Trinajstić information content (AvgIpc) is 2.87. The predicted molar refractivity (Wildman–Crippen MR) is 81.8 cm³/mol. The maximum Gasteiger partial charge on any atom is 0.253 e. The Morgan fingerprint density at radius 3 is 2.68 bits per heavy atom. The van der Waals surface area contributed by atoms with E-state index in [1.54, 1.807) is 23.1 Å². The topological polar surface area (TPSA) is 23.6 Å². The highest BCUT2D eigenvalue weighted by Crippen LogP contribution is 2.20. The van der Waals surface area contributed by atoms with Crippen LogP contribution >= 0.6 is 27.5 Å². The van der Waals surface area contributed by atoms with E-state index in [2.05, 4.69) is 20.8 Å². The lowest BCUT2D eigenvalue weighted by Gasteiger charge is -2.21. The van der Waals surface area contributed by atoms with Crippen molar-refractivity contribution in [3.05, 3.63) is 33.3 Å². The largest absolute Gasteiger partial charge is 0.340 e. The first kappa shape index (κ1) is 14.8. The number of amides is 1. The summed E-state index contributed by atoms with van der Waals surface area (Å²) in [6, 6.07) is 5.30. The fourth-order valence-electron chi connectivity index (χ4n) is 2.30. The number of likely N-dealkylation sites (N-methyl/N-ethyl adjacent to an activating group) is 1. The van der Waals surface area contributed by atoms with Crippen molar-refractivity contribution in [3.8, 4) is 0 Å². The number of carbonyl (C=O) groups excluding carboxylic acids is 1. The van der Waals surface area contributed by atoms with E-state index in [9.17, 15) is 4.79 Å². The van der Waals surface area contributed by atoms with Gasteiger partial charge in [-0.25, -0.2) is 0 Å². The number of rotatable bonds is 4. The van der Waals surface area contributed by atoms with Crippen LogP contribution in [0.2, 0.25) is 5.02 Å². The fourth-order valence-corrected chi connectivity index (χ4v) is 3.16. The van der Waals surface area contributed by atoms with E-state index in [1.165, 1.54) is 12.8 Å². The number of likely N-dealkylation sites (tertiary alicyclic amines) is 1. The van der Waals surface area contributed by atoms with Gasteiger partial charge in [0.05, 0.1) is 0 Å². The van der Waals surface area contributed by atoms with Crippen molar-refractivity contribution in [1.82, 2.24) is 9.80 Å². The molecule has 0 bridgehead atoms. The molecule has 1 aromatic carbocycles. The summed E-state index contributed by atoms with van der Waals surface area (Å²) in [6.45, 7) is 4.02. The first-order valence-electron chi connectivity index (χ1n) is 6.50. The lowest BCUT2D eigenvalue weighted by Crippen LogP contribution is -2.35. The Labute approximate surface area is 127 Å². The van der Waals surface area contributed by atoms with E-state index in [4.69, 9.17) is 11.6 Å². The summed E-state index contributed by atoms with van der Waals surface area (Å²) in [5.41, 5.74) is 0.628. The second kappa shape index (κ2) is 6.73. The molecule has 19 heavy (non-hydrogen) atoms. The molecule has 5 heteroatoms. The molecule has 1 aromatic rings. The second-order valence-corrected chi connectivity index (χ2v) is 6.29. The number of hydrogen-bond donors (Lipinski definition) is 0. The van der Waals surface area contributed by atoms with Crippen LogP contribution in [-0.2, 0) is 0 Å². The van der Waals surface area contributed by atoms with E-state index >= 15 is 0 Å². The van der Waals surface area contributed by atoms with Crippen molar-refractivity contribution in [2.75, 3.05) is 33.2 Å². The third kappa shape index (κ3) is 4.20. The molecule has 3 nitrogen and oxygen atoms in total. The zero-order valence-electron chi connectivity index (χ0n) is 11.0. The Morgan fingerprint density at radius 1 is 1.37 bits per heavy atom. The Kier molecular flexibility index (Phi) is 5.25. The Hall–Kier alpha value is -0.580. The Balaban J connectivity index is 1.93. The van der Waals surface area contributed by atoms with Gasteiger partial charge in [-0.2, -0.15) is 0 Å². The number of carbonyl (C=O) groups is 1. The van der Waals surface area contributed by atoms with Crippen molar-refractivity contribution in [2.45, 2.75) is 12.8 Å². The van der Waals surface area contributed by atoms with Crippen LogP contribution in [0.15, 0.2) is 22.7 Å². The van der Waals surface area contributed by atoms with Crippen molar-refractivity contribution in [2.24, 2.45) is 0 Å². The van der Waals surface area contributed by atoms with Crippen LogP contribution in [-0.4, -0.2) is 48.9 Å². The van der Waals surface area contributed by atoms with E-state index < -0.39 is 0 Å². The summed E-state index contributed by atoms with van der Waals surface area (Å²) >= 11 is 9.33. The van der Waals surface area contributed by atoms with Crippen LogP contribution in [0.4, 0.5) is 0 Å². The normalized spacial score (nSPS) is 15.7. The summed E-state index contributed by atoms with van der Waals surface area (Å²) in [5.74, 6) is 0.0161. The Morgan fingerprint density at radius 2 is 2.05 bits per heavy atom. The standard InChI is InChI=1S/C14H18BrClN2O/c1-17(6-7-18-4-2-3-5-18)14(19)11-8-12(15)10-13(16)9-11/h8-10H,2-7H2,1H3. The zero-order valence-corrected chi connectivity index (χ0v) is 13.4. The molecule has 0 saturated carbocycles. The molecule has 0 aliphatic carbocycles. The molecule has 0 radical (unpaired) electrons. The summed E-state index contributed by atoms with van der Waals surface area (Å²) in [6.07, 6.45) is 2.55. The molecular weight excluding hydrogens is 328 g/mol. The minimum atomic E-state index is 0.0161. The molecule has 0 atom stereocenters. The van der Waals surface area contributed by atoms with Crippen molar-refractivity contribution in [1.29, 1.82) is 0 Å². The molecule has 1 heterocycles. The average molecular weight is 346 g/mol. The molecule has 1 fully saturated rings. The summed E-state index contributed by atoms with van der Waals surface area (Å²) in [7, 11) is 1.84. The molecule has 0 spiro atoms. The molecule has 1 amide bonds. The monoisotopic (exact) mass is 344 g/mol. The predicted octanol–water partition coefficient (Wildman–Crippen LogP) is 3.27. The van der Waals surface area contributed by atoms with Gasteiger partial charge in [0.1, 0.15) is 0 Å². The van der Waals surface area contributed by atoms with Gasteiger partial charge in [-0.05, 0) is 44.1 Å².